The van der Waals surface area contributed by atoms with Crippen molar-refractivity contribution in [2.75, 3.05) is 0 Å². The summed E-state index contributed by atoms with van der Waals surface area (Å²) in [5, 5.41) is 0. The summed E-state index contributed by atoms with van der Waals surface area (Å²) in [7, 11) is -11.3. The lowest BCUT2D eigenvalue weighted by atomic mass is 10.8. The van der Waals surface area contributed by atoms with Crippen LogP contribution in [0.2, 0.25) is 98.2 Å². The Morgan fingerprint density at radius 1 is 0.429 bits per heavy atom. The van der Waals surface area contributed by atoms with Crippen LogP contribution in [0.3, 0.4) is 0 Å². The minimum atomic E-state index is -2.13. The van der Waals surface area contributed by atoms with Gasteiger partial charge >= 0.3 is 0 Å². The zero-order valence-electron chi connectivity index (χ0n) is 21.9. The van der Waals surface area contributed by atoms with E-state index in [2.05, 4.69) is 117 Å². The zero-order chi connectivity index (χ0) is 23.0. The quantitative estimate of drug-likeness (QED) is 0.297. The molecule has 0 saturated heterocycles. The lowest BCUT2D eigenvalue weighted by Crippen LogP contribution is -2.88. The first-order valence-corrected chi connectivity index (χ1v) is 34.7. The number of rotatable bonds is 10. The highest BCUT2D eigenvalue weighted by molar-refractivity contribution is 7.89. The Hall–Kier alpha value is 1.14. The largest absolute Gasteiger partial charge is 0.458 e. The van der Waals surface area contributed by atoms with E-state index in [1.165, 1.54) is 0 Å². The Morgan fingerprint density at radius 3 is 0.786 bits per heavy atom. The summed E-state index contributed by atoms with van der Waals surface area (Å²) in [4.78, 5) is 0. The van der Waals surface area contributed by atoms with Crippen molar-refractivity contribution in [1.29, 1.82) is 0 Å². The molecule has 0 radical (unpaired) electrons. The number of allylic oxidation sites excluding steroid dienone is 1. The van der Waals surface area contributed by atoms with Gasteiger partial charge in [0, 0.05) is 0 Å². The first-order valence-electron chi connectivity index (χ1n) is 10.7. The van der Waals surface area contributed by atoms with Crippen LogP contribution in [0.4, 0.5) is 0 Å². The molecule has 28 heavy (non-hydrogen) atoms. The molecule has 0 saturated carbocycles. The maximum atomic E-state index is 7.17. The van der Waals surface area contributed by atoms with E-state index >= 15 is 0 Å². The van der Waals surface area contributed by atoms with E-state index in [1.807, 2.05) is 0 Å². The van der Waals surface area contributed by atoms with E-state index in [9.17, 15) is 0 Å². The predicted octanol–water partition coefficient (Wildman–Crippen LogP) is 6.96. The average molecular weight is 511 g/mol. The van der Waals surface area contributed by atoms with E-state index < -0.39 is 55.1 Å². The molecule has 3 nitrogen and oxygen atoms in total. The van der Waals surface area contributed by atoms with Crippen molar-refractivity contribution >= 4 is 55.1 Å². The Bertz CT molecular complexity index is 484. The molecule has 0 aromatic carbocycles. The topological polar surface area (TPSA) is 27.7 Å². The molecule has 0 aromatic heterocycles. The lowest BCUT2D eigenvalue weighted by molar-refractivity contribution is 0.552. The summed E-state index contributed by atoms with van der Waals surface area (Å²) >= 11 is 0. The second-order valence-corrected chi connectivity index (χ2v) is 61.1. The van der Waals surface area contributed by atoms with Gasteiger partial charge in [-0.3, -0.25) is 0 Å². The van der Waals surface area contributed by atoms with Gasteiger partial charge in [-0.1, -0.05) is 11.8 Å². The molecule has 0 aromatic rings. The molecule has 0 heterocycles. The molecule has 168 valence electrons. The summed E-state index contributed by atoms with van der Waals surface area (Å²) in [6, 6.07) is 0. The fraction of sp³-hybridized carbons (Fsp3) is 0.889. The molecule has 0 fully saturated rings. The molecule has 0 N–H and O–H groups in total. The van der Waals surface area contributed by atoms with Crippen molar-refractivity contribution in [3.05, 3.63) is 11.8 Å². The van der Waals surface area contributed by atoms with Crippen molar-refractivity contribution in [3.63, 3.8) is 0 Å². The van der Waals surface area contributed by atoms with E-state index in [1.54, 1.807) is 0 Å². The summed E-state index contributed by atoms with van der Waals surface area (Å²) in [6.07, 6.45) is 2.32. The first kappa shape index (κ1) is 29.1. The van der Waals surface area contributed by atoms with Crippen molar-refractivity contribution < 1.29 is 12.3 Å². The van der Waals surface area contributed by atoms with E-state index in [0.717, 1.165) is 0 Å². The van der Waals surface area contributed by atoms with Gasteiger partial charge in [-0.15, -0.1) is 0 Å². The Labute approximate surface area is 183 Å². The molecule has 0 spiro atoms. The maximum Gasteiger partial charge on any atom is 0.170 e. The second-order valence-electron chi connectivity index (χ2n) is 12.5. The number of hydrogen-bond acceptors (Lipinski definition) is 3. The number of hydrogen-bond donors (Lipinski definition) is 0. The second kappa shape index (κ2) is 8.94. The van der Waals surface area contributed by atoms with Gasteiger partial charge in [0.05, 0.1) is 0 Å². The normalized spacial score (nSPS) is 16.1. The highest BCUT2D eigenvalue weighted by Crippen LogP contribution is 2.42. The third-order valence-electron chi connectivity index (χ3n) is 4.95. The van der Waals surface area contributed by atoms with Crippen LogP contribution in [0.1, 0.15) is 6.92 Å². The summed E-state index contributed by atoms with van der Waals surface area (Å²) < 4.78 is 21.5. The van der Waals surface area contributed by atoms with Gasteiger partial charge in [-0.2, -0.15) is 0 Å². The summed E-state index contributed by atoms with van der Waals surface area (Å²) in [5.41, 5.74) is 2.64. The molecule has 0 aliphatic heterocycles. The van der Waals surface area contributed by atoms with Crippen LogP contribution < -0.4 is 0 Å². The van der Waals surface area contributed by atoms with Crippen molar-refractivity contribution in [2.24, 2.45) is 0 Å². The standard InChI is InChI=1S/C18H50O3Si7/c1-17-18-28(25(11,12)19-22(2,3)4,26(13,14)20-23(5,6)7)27(15,16)21-24(8,9)10/h17-18H,1-16H3. The highest BCUT2D eigenvalue weighted by atomic mass is 29.9. The smallest absolute Gasteiger partial charge is 0.170 e. The van der Waals surface area contributed by atoms with Crippen molar-refractivity contribution in [3.8, 4) is 0 Å². The SMILES string of the molecule is CC=C[Si]([Si](C)(C)O[Si](C)(C)C)([Si](C)(C)O[Si](C)(C)C)[Si](C)(C)O[Si](C)(C)C. The van der Waals surface area contributed by atoms with Gasteiger partial charge in [-0.25, -0.2) is 0 Å². The highest BCUT2D eigenvalue weighted by Gasteiger charge is 2.71. The van der Waals surface area contributed by atoms with E-state index in [0.29, 0.717) is 0 Å². The van der Waals surface area contributed by atoms with Gasteiger partial charge in [0.2, 0.25) is 0 Å². The zero-order valence-corrected chi connectivity index (χ0v) is 28.9. The molecule has 10 heteroatoms. The minimum absolute atomic E-state index is 1.69. The fourth-order valence-electron chi connectivity index (χ4n) is 5.56. The third kappa shape index (κ3) is 7.38. The van der Waals surface area contributed by atoms with Gasteiger partial charge in [0.1, 0.15) is 6.63 Å². The minimum Gasteiger partial charge on any atom is -0.458 e. The molecular weight excluding hydrogens is 461 g/mol. The third-order valence-corrected chi connectivity index (χ3v) is 78.8. The Morgan fingerprint density at radius 2 is 0.643 bits per heavy atom. The fourth-order valence-corrected chi connectivity index (χ4v) is 110. The molecule has 0 unspecified atom stereocenters. The monoisotopic (exact) mass is 510 g/mol. The van der Waals surface area contributed by atoms with Crippen LogP contribution in [-0.2, 0) is 12.3 Å². The predicted molar refractivity (Wildman–Crippen MR) is 146 cm³/mol. The average Bonchev–Trinajstić information content (AvgIpc) is 2.24. The van der Waals surface area contributed by atoms with Crippen LogP contribution in [0.5, 0.6) is 0 Å². The first-order chi connectivity index (χ1) is 11.9. The van der Waals surface area contributed by atoms with Crippen LogP contribution in [0.15, 0.2) is 11.8 Å². The van der Waals surface area contributed by atoms with Crippen LogP contribution in [0.25, 0.3) is 0 Å². The Kier molecular flexibility index (Phi) is 9.31. The lowest BCUT2D eigenvalue weighted by Gasteiger charge is -2.59. The van der Waals surface area contributed by atoms with Gasteiger partial charge in [0.25, 0.3) is 0 Å². The van der Waals surface area contributed by atoms with Gasteiger partial charge < -0.3 is 12.3 Å². The molecule has 0 amide bonds. The molecule has 0 bridgehead atoms. The van der Waals surface area contributed by atoms with E-state index in [-0.39, 0.29) is 0 Å². The molecular formula is C18H50O3Si7. The van der Waals surface area contributed by atoms with Crippen LogP contribution >= 0.6 is 0 Å². The molecule has 0 aliphatic rings. The summed E-state index contributed by atoms with van der Waals surface area (Å²) in [6.45, 7) is 36.2. The molecule has 0 aliphatic carbocycles. The van der Waals surface area contributed by atoms with E-state index in [4.69, 9.17) is 12.3 Å². The Balaban J connectivity index is 7.03. The van der Waals surface area contributed by atoms with Crippen LogP contribution in [-0.4, -0.2) is 55.1 Å². The molecule has 0 atom stereocenters. The summed E-state index contributed by atoms with van der Waals surface area (Å²) in [5.74, 6) is 0. The van der Waals surface area contributed by atoms with Crippen molar-refractivity contribution in [2.45, 2.75) is 105 Å². The van der Waals surface area contributed by atoms with Gasteiger partial charge in [0.15, 0.2) is 48.5 Å². The van der Waals surface area contributed by atoms with Gasteiger partial charge in [-0.05, 0) is 105 Å². The van der Waals surface area contributed by atoms with Crippen LogP contribution in [0, 0.1) is 0 Å². The maximum absolute atomic E-state index is 7.17. The van der Waals surface area contributed by atoms with Crippen molar-refractivity contribution in [1.82, 2.24) is 0 Å². The molecule has 0 rings (SSSR count).